The van der Waals surface area contributed by atoms with Crippen LogP contribution in [0.15, 0.2) is 0 Å². The molecule has 1 unspecified atom stereocenters. The van der Waals surface area contributed by atoms with E-state index in [0.29, 0.717) is 6.04 Å². The third-order valence-electron chi connectivity index (χ3n) is 4.29. The van der Waals surface area contributed by atoms with Crippen LogP contribution in [0.3, 0.4) is 0 Å². The molecule has 0 aromatic carbocycles. The van der Waals surface area contributed by atoms with Crippen LogP contribution in [-0.2, 0) is 4.74 Å². The minimum atomic E-state index is 0.688. The first-order chi connectivity index (χ1) is 9.29. The van der Waals surface area contributed by atoms with Gasteiger partial charge in [0.1, 0.15) is 0 Å². The Morgan fingerprint density at radius 3 is 2.32 bits per heavy atom. The molecule has 0 radical (unpaired) electrons. The Hall–Kier alpha value is -0.120. The number of hydrogen-bond acceptors (Lipinski definition) is 3. The van der Waals surface area contributed by atoms with E-state index < -0.39 is 0 Å². The van der Waals surface area contributed by atoms with Crippen LogP contribution in [0.4, 0.5) is 0 Å². The largest absolute Gasteiger partial charge is 0.382 e. The van der Waals surface area contributed by atoms with Gasteiger partial charge in [0.2, 0.25) is 0 Å². The van der Waals surface area contributed by atoms with Crippen LogP contribution >= 0.6 is 0 Å². The summed E-state index contributed by atoms with van der Waals surface area (Å²) in [5.74, 6) is 2.03. The molecule has 112 valence electrons. The highest BCUT2D eigenvalue weighted by molar-refractivity contribution is 4.85. The maximum atomic E-state index is 5.36. The molecule has 3 heteroatoms. The predicted molar refractivity (Wildman–Crippen MR) is 80.5 cm³/mol. The number of nitrogens with one attached hydrogen (secondary N) is 1. The molecule has 2 rings (SSSR count). The molecule has 0 amide bonds. The standard InChI is InChI=1S/C16H32N2O/c1-3-19-10-4-9-17-11-14(2)18(12-15-5-6-15)13-16-7-8-16/h14-17H,3-13H2,1-2H3. The molecule has 0 aromatic rings. The first kappa shape index (κ1) is 15.3. The molecule has 2 fully saturated rings. The van der Waals surface area contributed by atoms with E-state index >= 15 is 0 Å². The van der Waals surface area contributed by atoms with Crippen LogP contribution in [0.5, 0.6) is 0 Å². The summed E-state index contributed by atoms with van der Waals surface area (Å²) in [6, 6.07) is 0.688. The van der Waals surface area contributed by atoms with Gasteiger partial charge in [-0.3, -0.25) is 4.90 Å². The van der Waals surface area contributed by atoms with Crippen LogP contribution in [0.2, 0.25) is 0 Å². The summed E-state index contributed by atoms with van der Waals surface area (Å²) < 4.78 is 5.36. The van der Waals surface area contributed by atoms with Crippen LogP contribution in [0.1, 0.15) is 46.0 Å². The van der Waals surface area contributed by atoms with Crippen LogP contribution in [0.25, 0.3) is 0 Å². The summed E-state index contributed by atoms with van der Waals surface area (Å²) in [6.45, 7) is 11.1. The maximum absolute atomic E-state index is 5.36. The molecule has 0 heterocycles. The zero-order valence-corrected chi connectivity index (χ0v) is 12.9. The van der Waals surface area contributed by atoms with Gasteiger partial charge in [-0.25, -0.2) is 0 Å². The molecule has 0 aromatic heterocycles. The Bertz CT molecular complexity index is 225. The highest BCUT2D eigenvalue weighted by atomic mass is 16.5. The Labute approximate surface area is 119 Å². The van der Waals surface area contributed by atoms with E-state index in [1.54, 1.807) is 0 Å². The lowest BCUT2D eigenvalue weighted by atomic mass is 10.2. The fraction of sp³-hybridized carbons (Fsp3) is 1.00. The second-order valence-corrected chi connectivity index (χ2v) is 6.44. The molecule has 1 N–H and O–H groups in total. The smallest absolute Gasteiger partial charge is 0.0477 e. The Morgan fingerprint density at radius 1 is 1.16 bits per heavy atom. The van der Waals surface area contributed by atoms with Crippen molar-refractivity contribution in [1.29, 1.82) is 0 Å². The van der Waals surface area contributed by atoms with Crippen LogP contribution < -0.4 is 5.32 Å². The van der Waals surface area contributed by atoms with E-state index in [-0.39, 0.29) is 0 Å². The molecule has 1 atom stereocenters. The first-order valence-corrected chi connectivity index (χ1v) is 8.32. The topological polar surface area (TPSA) is 24.5 Å². The minimum Gasteiger partial charge on any atom is -0.382 e. The van der Waals surface area contributed by atoms with Gasteiger partial charge in [-0.15, -0.1) is 0 Å². The third kappa shape index (κ3) is 6.73. The molecule has 0 aliphatic heterocycles. The van der Waals surface area contributed by atoms with Crippen LogP contribution in [-0.4, -0.2) is 50.3 Å². The van der Waals surface area contributed by atoms with Crippen molar-refractivity contribution >= 4 is 0 Å². The lowest BCUT2D eigenvalue weighted by Gasteiger charge is -2.29. The van der Waals surface area contributed by atoms with Gasteiger partial charge in [-0.1, -0.05) is 0 Å². The summed E-state index contributed by atoms with van der Waals surface area (Å²) in [6.07, 6.45) is 7.00. The van der Waals surface area contributed by atoms with Crippen molar-refractivity contribution < 1.29 is 4.74 Å². The molecule has 3 nitrogen and oxygen atoms in total. The van der Waals surface area contributed by atoms with E-state index in [9.17, 15) is 0 Å². The Balaban J connectivity index is 1.56. The van der Waals surface area contributed by atoms with Crippen molar-refractivity contribution in [2.75, 3.05) is 39.4 Å². The van der Waals surface area contributed by atoms with Gasteiger partial charge in [0, 0.05) is 38.9 Å². The van der Waals surface area contributed by atoms with Crippen molar-refractivity contribution in [1.82, 2.24) is 10.2 Å². The number of rotatable bonds is 12. The van der Waals surface area contributed by atoms with Crippen molar-refractivity contribution in [2.45, 2.75) is 52.0 Å². The van der Waals surface area contributed by atoms with Gasteiger partial charge in [-0.05, 0) is 64.3 Å². The summed E-state index contributed by atoms with van der Waals surface area (Å²) in [7, 11) is 0. The molecule has 2 saturated carbocycles. The molecule has 2 aliphatic rings. The molecular formula is C16H32N2O. The van der Waals surface area contributed by atoms with Gasteiger partial charge >= 0.3 is 0 Å². The average Bonchev–Trinajstić information content (AvgIpc) is 3.27. The quantitative estimate of drug-likeness (QED) is 0.550. The zero-order chi connectivity index (χ0) is 13.5. The van der Waals surface area contributed by atoms with E-state index in [1.165, 1.54) is 38.8 Å². The molecular weight excluding hydrogens is 236 g/mol. The first-order valence-electron chi connectivity index (χ1n) is 8.32. The summed E-state index contributed by atoms with van der Waals surface area (Å²) in [5.41, 5.74) is 0. The number of hydrogen-bond donors (Lipinski definition) is 1. The van der Waals surface area contributed by atoms with Crippen molar-refractivity contribution in [2.24, 2.45) is 11.8 Å². The monoisotopic (exact) mass is 268 g/mol. The number of ether oxygens (including phenoxy) is 1. The zero-order valence-electron chi connectivity index (χ0n) is 12.9. The highest BCUT2D eigenvalue weighted by Gasteiger charge is 2.30. The van der Waals surface area contributed by atoms with E-state index in [0.717, 1.165) is 44.6 Å². The van der Waals surface area contributed by atoms with E-state index in [1.807, 2.05) is 0 Å². The molecule has 2 aliphatic carbocycles. The molecule has 19 heavy (non-hydrogen) atoms. The minimum absolute atomic E-state index is 0.688. The second-order valence-electron chi connectivity index (χ2n) is 6.44. The lowest BCUT2D eigenvalue weighted by Crippen LogP contribution is -2.42. The Morgan fingerprint density at radius 2 is 1.79 bits per heavy atom. The van der Waals surface area contributed by atoms with E-state index in [2.05, 4.69) is 24.1 Å². The fourth-order valence-electron chi connectivity index (χ4n) is 2.58. The van der Waals surface area contributed by atoms with Crippen molar-refractivity contribution in [3.05, 3.63) is 0 Å². The van der Waals surface area contributed by atoms with Crippen LogP contribution in [0, 0.1) is 11.8 Å². The fourth-order valence-corrected chi connectivity index (χ4v) is 2.58. The molecule has 0 saturated heterocycles. The van der Waals surface area contributed by atoms with Gasteiger partial charge in [0.15, 0.2) is 0 Å². The van der Waals surface area contributed by atoms with Gasteiger partial charge in [0.25, 0.3) is 0 Å². The Kier molecular flexibility index (Phi) is 6.62. The number of nitrogens with zero attached hydrogens (tertiary/aromatic N) is 1. The maximum Gasteiger partial charge on any atom is 0.0477 e. The summed E-state index contributed by atoms with van der Waals surface area (Å²) >= 11 is 0. The van der Waals surface area contributed by atoms with Gasteiger partial charge in [-0.2, -0.15) is 0 Å². The summed E-state index contributed by atoms with van der Waals surface area (Å²) in [5, 5.41) is 3.59. The average molecular weight is 268 g/mol. The normalized spacial score (nSPS) is 21.0. The second kappa shape index (κ2) is 8.23. The van der Waals surface area contributed by atoms with Gasteiger partial charge in [0.05, 0.1) is 0 Å². The predicted octanol–water partition coefficient (Wildman–Crippen LogP) is 2.51. The third-order valence-corrected chi connectivity index (χ3v) is 4.29. The van der Waals surface area contributed by atoms with Crippen molar-refractivity contribution in [3.63, 3.8) is 0 Å². The molecule has 0 bridgehead atoms. The van der Waals surface area contributed by atoms with E-state index in [4.69, 9.17) is 4.74 Å². The summed E-state index contributed by atoms with van der Waals surface area (Å²) in [4.78, 5) is 2.74. The van der Waals surface area contributed by atoms with Gasteiger partial charge < -0.3 is 10.1 Å². The molecule has 0 spiro atoms. The highest BCUT2D eigenvalue weighted by Crippen LogP contribution is 2.34. The lowest BCUT2D eigenvalue weighted by molar-refractivity contribution is 0.143. The SMILES string of the molecule is CCOCCCNCC(C)N(CC1CC1)CC1CC1. The van der Waals surface area contributed by atoms with Crippen molar-refractivity contribution in [3.8, 4) is 0 Å².